The van der Waals surface area contributed by atoms with Gasteiger partial charge in [0, 0.05) is 24.3 Å². The smallest absolute Gasteiger partial charge is 0.158 e. The molecule has 4 N–H and O–H groups in total. The number of aryl methyl sites for hydroxylation is 1. The second kappa shape index (κ2) is 7.30. The third-order valence-electron chi connectivity index (χ3n) is 2.85. The molecule has 0 saturated carbocycles. The number of nitrogens with one attached hydrogen (secondary N) is 2. The van der Waals surface area contributed by atoms with E-state index in [1.807, 2.05) is 13.1 Å². The molecule has 1 atom stereocenters. The number of nitrogens with zero attached hydrogens (tertiary/aromatic N) is 3. The molecule has 2 aromatic rings. The molecule has 2 aromatic heterocycles. The van der Waals surface area contributed by atoms with E-state index in [1.54, 1.807) is 24.5 Å². The normalized spacial score (nSPS) is 12.2. The highest BCUT2D eigenvalue weighted by atomic mass is 32.1. The SMILES string of the molecule is CCc1cnc(C(C)Nc2cc(NN)nc(COC)n2)s1. The van der Waals surface area contributed by atoms with Crippen molar-refractivity contribution in [1.29, 1.82) is 0 Å². The van der Waals surface area contributed by atoms with E-state index >= 15 is 0 Å². The Morgan fingerprint density at radius 1 is 1.38 bits per heavy atom. The fraction of sp³-hybridized carbons (Fsp3) is 0.462. The maximum absolute atomic E-state index is 5.43. The highest BCUT2D eigenvalue weighted by Gasteiger charge is 2.12. The molecule has 0 spiro atoms. The molecule has 1 unspecified atom stereocenters. The van der Waals surface area contributed by atoms with Crippen LogP contribution in [0, 0.1) is 0 Å². The number of nitrogens with two attached hydrogens (primary N) is 1. The van der Waals surface area contributed by atoms with Crippen LogP contribution in [0.3, 0.4) is 0 Å². The minimum Gasteiger partial charge on any atom is -0.377 e. The van der Waals surface area contributed by atoms with Crippen molar-refractivity contribution in [1.82, 2.24) is 15.0 Å². The van der Waals surface area contributed by atoms with Crippen molar-refractivity contribution in [3.05, 3.63) is 28.0 Å². The van der Waals surface area contributed by atoms with Gasteiger partial charge in [0.15, 0.2) is 5.82 Å². The standard InChI is InChI=1S/C13H20N6OS/c1-4-9-6-15-13(21-9)8(2)16-10-5-11(19-14)18-12(17-10)7-20-3/h5-6,8H,4,7,14H2,1-3H3,(H2,16,17,18,19). The Kier molecular flexibility index (Phi) is 5.43. The van der Waals surface area contributed by atoms with E-state index in [0.717, 1.165) is 11.4 Å². The van der Waals surface area contributed by atoms with Crippen LogP contribution in [-0.4, -0.2) is 22.1 Å². The van der Waals surface area contributed by atoms with Crippen LogP contribution in [0.15, 0.2) is 12.3 Å². The Hall–Kier alpha value is -1.77. The van der Waals surface area contributed by atoms with Gasteiger partial charge < -0.3 is 15.5 Å². The number of thiazole rings is 1. The predicted molar refractivity (Wildman–Crippen MR) is 84.1 cm³/mol. The molecule has 0 aliphatic carbocycles. The topological polar surface area (TPSA) is 98.0 Å². The molecule has 7 nitrogen and oxygen atoms in total. The lowest BCUT2D eigenvalue weighted by molar-refractivity contribution is 0.178. The lowest BCUT2D eigenvalue weighted by Crippen LogP contribution is -2.14. The van der Waals surface area contributed by atoms with E-state index < -0.39 is 0 Å². The number of hydrogen-bond donors (Lipinski definition) is 3. The van der Waals surface area contributed by atoms with Gasteiger partial charge in [-0.3, -0.25) is 0 Å². The van der Waals surface area contributed by atoms with Crippen molar-refractivity contribution < 1.29 is 4.74 Å². The number of anilines is 2. The Labute approximate surface area is 128 Å². The lowest BCUT2D eigenvalue weighted by Gasteiger charge is -2.13. The molecule has 21 heavy (non-hydrogen) atoms. The summed E-state index contributed by atoms with van der Waals surface area (Å²) < 4.78 is 5.06. The molecule has 0 aliphatic heterocycles. The van der Waals surface area contributed by atoms with Gasteiger partial charge in [0.2, 0.25) is 0 Å². The molecular weight excluding hydrogens is 288 g/mol. The van der Waals surface area contributed by atoms with Crippen molar-refractivity contribution in [3.63, 3.8) is 0 Å². The minimum absolute atomic E-state index is 0.0613. The van der Waals surface area contributed by atoms with Crippen LogP contribution >= 0.6 is 11.3 Å². The highest BCUT2D eigenvalue weighted by molar-refractivity contribution is 7.11. The first kappa shape index (κ1) is 15.6. The fourth-order valence-electron chi connectivity index (χ4n) is 1.81. The zero-order valence-electron chi connectivity index (χ0n) is 12.4. The highest BCUT2D eigenvalue weighted by Crippen LogP contribution is 2.24. The van der Waals surface area contributed by atoms with Gasteiger partial charge in [-0.25, -0.2) is 20.8 Å². The Morgan fingerprint density at radius 2 is 2.14 bits per heavy atom. The molecule has 2 heterocycles. The quantitative estimate of drug-likeness (QED) is 0.532. The van der Waals surface area contributed by atoms with Gasteiger partial charge in [-0.1, -0.05) is 6.92 Å². The molecule has 0 aromatic carbocycles. The van der Waals surface area contributed by atoms with E-state index in [-0.39, 0.29) is 6.04 Å². The summed E-state index contributed by atoms with van der Waals surface area (Å²) in [6.45, 7) is 4.50. The summed E-state index contributed by atoms with van der Waals surface area (Å²) in [5.74, 6) is 7.22. The monoisotopic (exact) mass is 308 g/mol. The summed E-state index contributed by atoms with van der Waals surface area (Å²) in [6, 6.07) is 1.82. The van der Waals surface area contributed by atoms with Crippen molar-refractivity contribution in [2.24, 2.45) is 5.84 Å². The van der Waals surface area contributed by atoms with Gasteiger partial charge in [-0.2, -0.15) is 0 Å². The van der Waals surface area contributed by atoms with Crippen LogP contribution in [0.4, 0.5) is 11.6 Å². The van der Waals surface area contributed by atoms with Crippen LogP contribution in [0.2, 0.25) is 0 Å². The van der Waals surface area contributed by atoms with Crippen molar-refractivity contribution in [3.8, 4) is 0 Å². The average Bonchev–Trinajstić information content (AvgIpc) is 2.96. The third-order valence-corrected chi connectivity index (χ3v) is 4.17. The fourth-order valence-corrected chi connectivity index (χ4v) is 2.67. The van der Waals surface area contributed by atoms with Gasteiger partial charge in [-0.15, -0.1) is 11.3 Å². The summed E-state index contributed by atoms with van der Waals surface area (Å²) in [6.07, 6.45) is 2.92. The number of hydrogen-bond acceptors (Lipinski definition) is 8. The molecule has 2 rings (SSSR count). The summed E-state index contributed by atoms with van der Waals surface area (Å²) in [5, 5.41) is 4.34. The van der Waals surface area contributed by atoms with Crippen LogP contribution < -0.4 is 16.6 Å². The Bertz CT molecular complexity index is 588. The summed E-state index contributed by atoms with van der Waals surface area (Å²) in [7, 11) is 1.60. The molecule has 114 valence electrons. The predicted octanol–water partition coefficient (Wildman–Crippen LogP) is 2.10. The molecular formula is C13H20N6OS. The maximum atomic E-state index is 5.43. The Balaban J connectivity index is 2.15. The molecule has 0 amide bonds. The van der Waals surface area contributed by atoms with Gasteiger partial charge in [0.25, 0.3) is 0 Å². The second-order valence-corrected chi connectivity index (χ2v) is 5.66. The molecule has 0 saturated heterocycles. The minimum atomic E-state index is 0.0613. The van der Waals surface area contributed by atoms with Crippen LogP contribution in [0.25, 0.3) is 0 Å². The van der Waals surface area contributed by atoms with Crippen LogP contribution in [0.1, 0.15) is 35.6 Å². The van der Waals surface area contributed by atoms with Gasteiger partial charge >= 0.3 is 0 Å². The van der Waals surface area contributed by atoms with Crippen molar-refractivity contribution >= 4 is 23.0 Å². The molecule has 0 aliphatic rings. The summed E-state index contributed by atoms with van der Waals surface area (Å²) >= 11 is 1.70. The number of rotatable bonds is 7. The summed E-state index contributed by atoms with van der Waals surface area (Å²) in [4.78, 5) is 14.3. The molecule has 0 bridgehead atoms. The van der Waals surface area contributed by atoms with Crippen LogP contribution in [0.5, 0.6) is 0 Å². The van der Waals surface area contributed by atoms with Crippen LogP contribution in [-0.2, 0) is 17.8 Å². The van der Waals surface area contributed by atoms with Gasteiger partial charge in [0.05, 0.1) is 6.04 Å². The number of aromatic nitrogens is 3. The van der Waals surface area contributed by atoms with E-state index in [9.17, 15) is 0 Å². The van der Waals surface area contributed by atoms with Gasteiger partial charge in [-0.05, 0) is 13.3 Å². The van der Waals surface area contributed by atoms with Gasteiger partial charge in [0.1, 0.15) is 23.3 Å². The Morgan fingerprint density at radius 3 is 2.76 bits per heavy atom. The summed E-state index contributed by atoms with van der Waals surface area (Å²) in [5.41, 5.74) is 2.53. The average molecular weight is 308 g/mol. The largest absolute Gasteiger partial charge is 0.377 e. The zero-order chi connectivity index (χ0) is 15.2. The van der Waals surface area contributed by atoms with Crippen molar-refractivity contribution in [2.75, 3.05) is 17.9 Å². The number of hydrazine groups is 1. The molecule has 0 fully saturated rings. The van der Waals surface area contributed by atoms with E-state index in [1.165, 1.54) is 4.88 Å². The van der Waals surface area contributed by atoms with Crippen molar-refractivity contribution in [2.45, 2.75) is 32.9 Å². The first-order chi connectivity index (χ1) is 10.2. The maximum Gasteiger partial charge on any atom is 0.158 e. The first-order valence-corrected chi connectivity index (χ1v) is 7.52. The lowest BCUT2D eigenvalue weighted by atomic mass is 10.3. The number of methoxy groups -OCH3 is 1. The zero-order valence-corrected chi connectivity index (χ0v) is 13.2. The molecule has 0 radical (unpaired) electrons. The van der Waals surface area contributed by atoms with E-state index in [0.29, 0.717) is 24.1 Å². The molecule has 8 heteroatoms. The number of ether oxygens (including phenoxy) is 1. The first-order valence-electron chi connectivity index (χ1n) is 6.71. The third kappa shape index (κ3) is 4.10. The number of nitrogen functional groups attached to an aromatic ring is 1. The second-order valence-electron chi connectivity index (χ2n) is 4.52. The van der Waals surface area contributed by atoms with E-state index in [2.05, 4.69) is 32.6 Å². The van der Waals surface area contributed by atoms with E-state index in [4.69, 9.17) is 10.6 Å².